The Bertz CT molecular complexity index is 350. The zero-order valence-corrected chi connectivity index (χ0v) is 12.7. The maximum absolute atomic E-state index is 6.25. The van der Waals surface area contributed by atoms with E-state index in [2.05, 4.69) is 37.9 Å². The minimum Gasteiger partial charge on any atom is -0.494 e. The molecule has 0 aliphatic heterocycles. The molecule has 3 nitrogen and oxygen atoms in total. The van der Waals surface area contributed by atoms with Crippen molar-refractivity contribution < 1.29 is 4.74 Å². The standard InChI is InChI=1S/C16H28N2O/c1-5-13(3)11-18(4)12-16(17)14-7-9-15(10-8-14)19-6-2/h7-10,13,16H,5-6,11-12,17H2,1-4H3. The van der Waals surface area contributed by atoms with Crippen LogP contribution in [0.5, 0.6) is 5.75 Å². The highest BCUT2D eigenvalue weighted by Gasteiger charge is 2.11. The third-order valence-electron chi connectivity index (χ3n) is 3.45. The quantitative estimate of drug-likeness (QED) is 0.784. The van der Waals surface area contributed by atoms with E-state index in [1.54, 1.807) is 0 Å². The summed E-state index contributed by atoms with van der Waals surface area (Å²) in [7, 11) is 2.14. The summed E-state index contributed by atoms with van der Waals surface area (Å²) in [6.45, 7) is 9.18. The number of hydrogen-bond acceptors (Lipinski definition) is 3. The van der Waals surface area contributed by atoms with E-state index in [1.807, 2.05) is 19.1 Å². The second kappa shape index (κ2) is 8.18. The van der Waals surface area contributed by atoms with E-state index in [-0.39, 0.29) is 6.04 Å². The first-order valence-electron chi connectivity index (χ1n) is 7.23. The Morgan fingerprint density at radius 2 is 1.79 bits per heavy atom. The Hall–Kier alpha value is -1.06. The zero-order valence-electron chi connectivity index (χ0n) is 12.7. The Morgan fingerprint density at radius 1 is 1.16 bits per heavy atom. The van der Waals surface area contributed by atoms with Gasteiger partial charge in [-0.25, -0.2) is 0 Å². The van der Waals surface area contributed by atoms with Gasteiger partial charge in [0.25, 0.3) is 0 Å². The van der Waals surface area contributed by atoms with Gasteiger partial charge in [-0.05, 0) is 37.6 Å². The number of ether oxygens (including phenoxy) is 1. The lowest BCUT2D eigenvalue weighted by Gasteiger charge is -2.24. The fraction of sp³-hybridized carbons (Fsp3) is 0.625. The van der Waals surface area contributed by atoms with Gasteiger partial charge in [-0.3, -0.25) is 0 Å². The molecule has 3 heteroatoms. The van der Waals surface area contributed by atoms with E-state index in [9.17, 15) is 0 Å². The highest BCUT2D eigenvalue weighted by Crippen LogP contribution is 2.17. The Balaban J connectivity index is 2.50. The van der Waals surface area contributed by atoms with Crippen molar-refractivity contribution in [3.05, 3.63) is 29.8 Å². The Labute approximate surface area is 117 Å². The summed E-state index contributed by atoms with van der Waals surface area (Å²) < 4.78 is 5.44. The number of nitrogens with zero attached hydrogens (tertiary/aromatic N) is 1. The van der Waals surface area contributed by atoms with Crippen molar-refractivity contribution in [2.75, 3.05) is 26.7 Å². The minimum absolute atomic E-state index is 0.0599. The van der Waals surface area contributed by atoms with Gasteiger partial charge in [0.2, 0.25) is 0 Å². The summed E-state index contributed by atoms with van der Waals surface area (Å²) in [6, 6.07) is 8.17. The van der Waals surface area contributed by atoms with E-state index in [1.165, 1.54) is 12.0 Å². The van der Waals surface area contributed by atoms with Crippen molar-refractivity contribution in [1.82, 2.24) is 4.90 Å². The second-order valence-electron chi connectivity index (χ2n) is 5.34. The summed E-state index contributed by atoms with van der Waals surface area (Å²) in [4.78, 5) is 2.31. The van der Waals surface area contributed by atoms with Crippen molar-refractivity contribution in [2.45, 2.75) is 33.2 Å². The van der Waals surface area contributed by atoms with Crippen LogP contribution in [-0.2, 0) is 0 Å². The molecule has 108 valence electrons. The van der Waals surface area contributed by atoms with E-state index in [0.29, 0.717) is 6.61 Å². The molecule has 0 saturated heterocycles. The minimum atomic E-state index is 0.0599. The maximum atomic E-state index is 6.25. The highest BCUT2D eigenvalue weighted by molar-refractivity contribution is 5.29. The van der Waals surface area contributed by atoms with Gasteiger partial charge in [-0.2, -0.15) is 0 Å². The predicted molar refractivity (Wildman–Crippen MR) is 81.5 cm³/mol. The molecule has 2 atom stereocenters. The number of hydrogen-bond donors (Lipinski definition) is 1. The lowest BCUT2D eigenvalue weighted by atomic mass is 10.1. The molecule has 0 aliphatic rings. The van der Waals surface area contributed by atoms with Gasteiger partial charge >= 0.3 is 0 Å². The lowest BCUT2D eigenvalue weighted by Crippen LogP contribution is -2.32. The van der Waals surface area contributed by atoms with Gasteiger partial charge in [0, 0.05) is 19.1 Å². The average molecular weight is 264 g/mol. The van der Waals surface area contributed by atoms with Crippen LogP contribution in [0.25, 0.3) is 0 Å². The molecule has 2 N–H and O–H groups in total. The first-order chi connectivity index (χ1) is 9.06. The summed E-state index contributed by atoms with van der Waals surface area (Å²) in [5.74, 6) is 1.63. The SMILES string of the molecule is CCOc1ccc(C(N)CN(C)CC(C)CC)cc1. The topological polar surface area (TPSA) is 38.5 Å². The predicted octanol–water partition coefficient (Wildman–Crippen LogP) is 3.06. The summed E-state index contributed by atoms with van der Waals surface area (Å²) >= 11 is 0. The third-order valence-corrected chi connectivity index (χ3v) is 3.45. The molecule has 1 rings (SSSR count). The van der Waals surface area contributed by atoms with Gasteiger partial charge in [0.15, 0.2) is 0 Å². The van der Waals surface area contributed by atoms with Crippen LogP contribution in [0.1, 0.15) is 38.8 Å². The van der Waals surface area contributed by atoms with E-state index in [4.69, 9.17) is 10.5 Å². The molecule has 19 heavy (non-hydrogen) atoms. The molecule has 0 saturated carbocycles. The van der Waals surface area contributed by atoms with E-state index < -0.39 is 0 Å². The summed E-state index contributed by atoms with van der Waals surface area (Å²) in [6.07, 6.45) is 1.21. The monoisotopic (exact) mass is 264 g/mol. The molecule has 2 unspecified atom stereocenters. The first kappa shape index (κ1) is 16.0. The van der Waals surface area contributed by atoms with Crippen LogP contribution < -0.4 is 10.5 Å². The number of benzene rings is 1. The highest BCUT2D eigenvalue weighted by atomic mass is 16.5. The third kappa shape index (κ3) is 5.62. The molecule has 0 spiro atoms. The fourth-order valence-electron chi connectivity index (χ4n) is 2.15. The smallest absolute Gasteiger partial charge is 0.119 e. The van der Waals surface area contributed by atoms with Gasteiger partial charge in [0.05, 0.1) is 6.61 Å². The van der Waals surface area contributed by atoms with Crippen LogP contribution in [0.15, 0.2) is 24.3 Å². The van der Waals surface area contributed by atoms with Gasteiger partial charge in [-0.15, -0.1) is 0 Å². The van der Waals surface area contributed by atoms with Crippen molar-refractivity contribution in [3.8, 4) is 5.75 Å². The largest absolute Gasteiger partial charge is 0.494 e. The number of rotatable bonds is 8. The van der Waals surface area contributed by atoms with Crippen LogP contribution >= 0.6 is 0 Å². The molecule has 0 bridgehead atoms. The zero-order chi connectivity index (χ0) is 14.3. The fourth-order valence-corrected chi connectivity index (χ4v) is 2.15. The van der Waals surface area contributed by atoms with Crippen LogP contribution in [0.3, 0.4) is 0 Å². The van der Waals surface area contributed by atoms with Gasteiger partial charge in [-0.1, -0.05) is 32.4 Å². The van der Waals surface area contributed by atoms with Crippen molar-refractivity contribution in [3.63, 3.8) is 0 Å². The average Bonchev–Trinajstić information content (AvgIpc) is 2.39. The summed E-state index contributed by atoms with van der Waals surface area (Å²) in [5, 5.41) is 0. The molecule has 0 aliphatic carbocycles. The van der Waals surface area contributed by atoms with Crippen molar-refractivity contribution in [1.29, 1.82) is 0 Å². The van der Waals surface area contributed by atoms with Crippen LogP contribution in [0, 0.1) is 5.92 Å². The molecular formula is C16H28N2O. The lowest BCUT2D eigenvalue weighted by molar-refractivity contribution is 0.267. The second-order valence-corrected chi connectivity index (χ2v) is 5.34. The normalized spacial score (nSPS) is 14.4. The Morgan fingerprint density at radius 3 is 2.32 bits per heavy atom. The molecular weight excluding hydrogens is 236 g/mol. The van der Waals surface area contributed by atoms with Gasteiger partial charge < -0.3 is 15.4 Å². The Kier molecular flexibility index (Phi) is 6.89. The van der Waals surface area contributed by atoms with Crippen LogP contribution in [0.4, 0.5) is 0 Å². The number of nitrogens with two attached hydrogens (primary N) is 1. The van der Waals surface area contributed by atoms with Crippen LogP contribution in [-0.4, -0.2) is 31.6 Å². The molecule has 0 aromatic heterocycles. The van der Waals surface area contributed by atoms with Gasteiger partial charge in [0.1, 0.15) is 5.75 Å². The van der Waals surface area contributed by atoms with Crippen molar-refractivity contribution >= 4 is 0 Å². The molecule has 0 heterocycles. The molecule has 0 fully saturated rings. The van der Waals surface area contributed by atoms with Crippen molar-refractivity contribution in [2.24, 2.45) is 11.7 Å². The molecule has 1 aromatic rings. The van der Waals surface area contributed by atoms with E-state index >= 15 is 0 Å². The molecule has 0 amide bonds. The first-order valence-corrected chi connectivity index (χ1v) is 7.23. The van der Waals surface area contributed by atoms with E-state index in [0.717, 1.165) is 24.8 Å². The molecule has 0 radical (unpaired) electrons. The number of likely N-dealkylation sites (N-methyl/N-ethyl adjacent to an activating group) is 1. The molecule has 1 aromatic carbocycles. The maximum Gasteiger partial charge on any atom is 0.119 e. The van der Waals surface area contributed by atoms with Crippen LogP contribution in [0.2, 0.25) is 0 Å². The summed E-state index contributed by atoms with van der Waals surface area (Å²) in [5.41, 5.74) is 7.42.